The van der Waals surface area contributed by atoms with Crippen molar-refractivity contribution in [2.75, 3.05) is 30.9 Å². The van der Waals surface area contributed by atoms with Gasteiger partial charge < -0.3 is 9.42 Å². The number of nitrogens with zero attached hydrogens (tertiary/aromatic N) is 4. The Hall–Kier alpha value is -3.44. The molecule has 1 saturated heterocycles. The minimum atomic E-state index is -4.07. The topological polar surface area (TPSA) is 109 Å². The van der Waals surface area contributed by atoms with Crippen LogP contribution in [0.1, 0.15) is 27.4 Å². The minimum absolute atomic E-state index is 0.0108. The monoisotopic (exact) mass is 599 g/mol. The van der Waals surface area contributed by atoms with E-state index < -0.39 is 10.0 Å². The van der Waals surface area contributed by atoms with E-state index in [2.05, 4.69) is 19.8 Å². The Balaban J connectivity index is 1.22. The van der Waals surface area contributed by atoms with Crippen LogP contribution in [0.4, 0.5) is 5.69 Å². The molecular weight excluding hydrogens is 573 g/mol. The number of anilines is 1. The lowest BCUT2D eigenvalue weighted by Gasteiger charge is -2.34. The average molecular weight is 601 g/mol. The fourth-order valence-corrected chi connectivity index (χ4v) is 6.09. The maximum atomic E-state index is 13.3. The second-order valence-corrected chi connectivity index (χ2v) is 12.1. The van der Waals surface area contributed by atoms with Crippen LogP contribution in [0.15, 0.2) is 70.1 Å². The molecule has 9 nitrogen and oxygen atoms in total. The van der Waals surface area contributed by atoms with Crippen LogP contribution >= 0.6 is 23.2 Å². The maximum Gasteiger partial charge on any atom is 0.263 e. The molecule has 1 N–H and O–H groups in total. The zero-order valence-electron chi connectivity index (χ0n) is 21.9. The molecule has 0 radical (unpaired) electrons. The molecular formula is C28H27Cl2N5O4S. The second kappa shape index (κ2) is 11.6. The SMILES string of the molecule is Cc1ccc(-c2noc(CN3CCN(C(=O)c4ccc(Cl)c(S(=O)(=O)Nc5ccc(C)c(Cl)c5)c4)CC3)n2)cc1. The van der Waals surface area contributed by atoms with E-state index in [0.29, 0.717) is 55.1 Å². The number of hydrogen-bond donors (Lipinski definition) is 1. The quantitative estimate of drug-likeness (QED) is 0.302. The Bertz CT molecular complexity index is 1650. The van der Waals surface area contributed by atoms with Gasteiger partial charge in [0, 0.05) is 42.3 Å². The molecule has 3 aromatic carbocycles. The predicted molar refractivity (Wildman–Crippen MR) is 154 cm³/mol. The number of hydrogen-bond acceptors (Lipinski definition) is 7. The van der Waals surface area contributed by atoms with E-state index in [1.807, 2.05) is 38.1 Å². The lowest BCUT2D eigenvalue weighted by Crippen LogP contribution is -2.48. The number of nitrogens with one attached hydrogen (secondary N) is 1. The zero-order valence-corrected chi connectivity index (χ0v) is 24.2. The summed E-state index contributed by atoms with van der Waals surface area (Å²) in [6, 6.07) is 17.0. The van der Waals surface area contributed by atoms with Crippen molar-refractivity contribution in [2.24, 2.45) is 0 Å². The van der Waals surface area contributed by atoms with Gasteiger partial charge in [0.05, 0.1) is 17.3 Å². The van der Waals surface area contributed by atoms with Crippen LogP contribution in [-0.4, -0.2) is 60.4 Å². The first-order chi connectivity index (χ1) is 19.1. The number of aromatic nitrogens is 2. The lowest BCUT2D eigenvalue weighted by atomic mass is 10.1. The average Bonchev–Trinajstić information content (AvgIpc) is 3.39. The molecule has 2 heterocycles. The van der Waals surface area contributed by atoms with Crippen molar-refractivity contribution in [3.8, 4) is 11.4 Å². The number of halogens is 2. The molecule has 1 aromatic heterocycles. The molecule has 0 saturated carbocycles. The van der Waals surface area contributed by atoms with Gasteiger partial charge in [-0.2, -0.15) is 4.98 Å². The third-order valence-electron chi connectivity index (χ3n) is 6.69. The van der Waals surface area contributed by atoms with Crippen molar-refractivity contribution < 1.29 is 17.7 Å². The fourth-order valence-electron chi connectivity index (χ4n) is 4.33. The van der Waals surface area contributed by atoms with Gasteiger partial charge in [-0.3, -0.25) is 14.4 Å². The number of sulfonamides is 1. The molecule has 0 bridgehead atoms. The summed E-state index contributed by atoms with van der Waals surface area (Å²) >= 11 is 12.4. The molecule has 4 aromatic rings. The smallest absolute Gasteiger partial charge is 0.263 e. The highest BCUT2D eigenvalue weighted by atomic mass is 35.5. The first-order valence-electron chi connectivity index (χ1n) is 12.6. The largest absolute Gasteiger partial charge is 0.338 e. The van der Waals surface area contributed by atoms with Crippen molar-refractivity contribution in [1.29, 1.82) is 0 Å². The van der Waals surface area contributed by atoms with Gasteiger partial charge >= 0.3 is 0 Å². The Kier molecular flexibility index (Phi) is 8.14. The summed E-state index contributed by atoms with van der Waals surface area (Å²) in [6.45, 7) is 6.43. The Morgan fingerprint density at radius 1 is 0.950 bits per heavy atom. The van der Waals surface area contributed by atoms with Gasteiger partial charge in [0.15, 0.2) is 0 Å². The molecule has 208 valence electrons. The number of benzene rings is 3. The predicted octanol–water partition coefficient (Wildman–Crippen LogP) is 5.42. The molecule has 0 atom stereocenters. The molecule has 1 aliphatic heterocycles. The summed E-state index contributed by atoms with van der Waals surface area (Å²) in [4.78, 5) is 21.4. The minimum Gasteiger partial charge on any atom is -0.338 e. The summed E-state index contributed by atoms with van der Waals surface area (Å²) < 4.78 is 34.1. The normalized spacial score (nSPS) is 14.3. The number of piperazine rings is 1. The third-order valence-corrected chi connectivity index (χ3v) is 8.96. The first-order valence-corrected chi connectivity index (χ1v) is 14.8. The van der Waals surface area contributed by atoms with Crippen molar-refractivity contribution in [3.63, 3.8) is 0 Å². The van der Waals surface area contributed by atoms with E-state index >= 15 is 0 Å². The summed E-state index contributed by atoms with van der Waals surface area (Å²) in [6.07, 6.45) is 0. The number of carbonyl (C=O) groups excluding carboxylic acids is 1. The highest BCUT2D eigenvalue weighted by Crippen LogP contribution is 2.28. The van der Waals surface area contributed by atoms with E-state index in [9.17, 15) is 13.2 Å². The highest BCUT2D eigenvalue weighted by molar-refractivity contribution is 7.92. The molecule has 12 heteroatoms. The lowest BCUT2D eigenvalue weighted by molar-refractivity contribution is 0.0615. The summed E-state index contributed by atoms with van der Waals surface area (Å²) in [5.74, 6) is 0.771. The van der Waals surface area contributed by atoms with Crippen molar-refractivity contribution in [2.45, 2.75) is 25.3 Å². The Labute approximate surface area is 242 Å². The molecule has 0 spiro atoms. The van der Waals surface area contributed by atoms with Crippen LogP contribution in [0.2, 0.25) is 10.0 Å². The van der Waals surface area contributed by atoms with E-state index in [0.717, 1.165) is 16.7 Å². The van der Waals surface area contributed by atoms with E-state index in [-0.39, 0.29) is 21.4 Å². The van der Waals surface area contributed by atoms with Crippen molar-refractivity contribution in [3.05, 3.63) is 93.3 Å². The van der Waals surface area contributed by atoms with Gasteiger partial charge in [-0.15, -0.1) is 0 Å². The number of amides is 1. The van der Waals surface area contributed by atoms with Crippen LogP contribution in [0.5, 0.6) is 0 Å². The molecule has 5 rings (SSSR count). The van der Waals surface area contributed by atoms with E-state index in [1.165, 1.54) is 24.3 Å². The second-order valence-electron chi connectivity index (χ2n) is 9.66. The van der Waals surface area contributed by atoms with Crippen molar-refractivity contribution >= 4 is 44.8 Å². The van der Waals surface area contributed by atoms with Gasteiger partial charge in [0.1, 0.15) is 4.90 Å². The van der Waals surface area contributed by atoms with Crippen LogP contribution in [0.3, 0.4) is 0 Å². The summed E-state index contributed by atoms with van der Waals surface area (Å²) in [5.41, 5.74) is 3.39. The third kappa shape index (κ3) is 6.31. The Morgan fingerprint density at radius 3 is 2.38 bits per heavy atom. The van der Waals surface area contributed by atoms with Crippen LogP contribution in [0, 0.1) is 13.8 Å². The standard InChI is InChI=1S/C28H27Cl2N5O4S/c1-18-3-6-20(7-4-18)27-31-26(39-32-27)17-34-11-13-35(14-12-34)28(36)21-8-10-23(29)25(15-21)40(37,38)33-22-9-5-19(2)24(30)16-22/h3-10,15-16,33H,11-14,17H2,1-2H3. The van der Waals surface area contributed by atoms with Crippen molar-refractivity contribution in [1.82, 2.24) is 19.9 Å². The molecule has 1 aliphatic rings. The first kappa shape index (κ1) is 28.1. The van der Waals surface area contributed by atoms with E-state index in [1.54, 1.807) is 17.0 Å². The zero-order chi connectivity index (χ0) is 28.4. The number of rotatable bonds is 7. The Morgan fingerprint density at radius 2 is 1.68 bits per heavy atom. The van der Waals surface area contributed by atoms with Gasteiger partial charge in [-0.05, 0) is 49.7 Å². The molecule has 0 aliphatic carbocycles. The molecule has 40 heavy (non-hydrogen) atoms. The molecule has 1 amide bonds. The van der Waals surface area contributed by atoms with Gasteiger partial charge in [0.2, 0.25) is 11.7 Å². The van der Waals surface area contributed by atoms with Crippen LogP contribution in [-0.2, 0) is 16.6 Å². The highest BCUT2D eigenvalue weighted by Gasteiger charge is 2.26. The molecule has 0 unspecified atom stereocenters. The van der Waals surface area contributed by atoms with Gasteiger partial charge in [0.25, 0.3) is 15.9 Å². The summed E-state index contributed by atoms with van der Waals surface area (Å²) in [7, 11) is -4.07. The van der Waals surface area contributed by atoms with Crippen LogP contribution < -0.4 is 4.72 Å². The van der Waals surface area contributed by atoms with Crippen LogP contribution in [0.25, 0.3) is 11.4 Å². The summed E-state index contributed by atoms with van der Waals surface area (Å²) in [5, 5.41) is 4.53. The number of carbonyl (C=O) groups is 1. The van der Waals surface area contributed by atoms with E-state index in [4.69, 9.17) is 27.7 Å². The molecule has 1 fully saturated rings. The van der Waals surface area contributed by atoms with Gasteiger partial charge in [-0.1, -0.05) is 64.3 Å². The fraction of sp³-hybridized carbons (Fsp3) is 0.250. The number of aryl methyl sites for hydroxylation is 2. The maximum absolute atomic E-state index is 13.3. The van der Waals surface area contributed by atoms with Gasteiger partial charge in [-0.25, -0.2) is 8.42 Å².